The fourth-order valence-electron chi connectivity index (χ4n) is 6.87. The Morgan fingerprint density at radius 3 is 1.60 bits per heavy atom. The van der Waals surface area contributed by atoms with Gasteiger partial charge in [0, 0.05) is 43.8 Å². The summed E-state index contributed by atoms with van der Waals surface area (Å²) < 4.78 is 12.5. The third kappa shape index (κ3) is 4.75. The Bertz CT molecular complexity index is 2870. The van der Waals surface area contributed by atoms with Gasteiger partial charge in [-0.15, -0.1) is 0 Å². The molecule has 0 aliphatic heterocycles. The van der Waals surface area contributed by atoms with Gasteiger partial charge in [0.05, 0.1) is 0 Å². The Balaban J connectivity index is 1.04. The number of fused-ring (bicyclic) bond motifs is 6. The van der Waals surface area contributed by atoms with Crippen molar-refractivity contribution in [3.8, 4) is 56.4 Å². The molecule has 3 aromatic heterocycles. The van der Waals surface area contributed by atoms with Gasteiger partial charge in [-0.1, -0.05) is 133 Å². The molecule has 10 rings (SSSR count). The number of para-hydroxylation sites is 3. The smallest absolute Gasteiger partial charge is 0.164 e. The van der Waals surface area contributed by atoms with Crippen LogP contribution in [-0.4, -0.2) is 15.0 Å². The lowest BCUT2D eigenvalue weighted by Gasteiger charge is -2.10. The summed E-state index contributed by atoms with van der Waals surface area (Å²) in [6, 6.07) is 55.8. The third-order valence-corrected chi connectivity index (χ3v) is 9.36. The van der Waals surface area contributed by atoms with Gasteiger partial charge in [0.1, 0.15) is 22.3 Å². The largest absolute Gasteiger partial charge is 0.456 e. The number of furan rings is 2. The number of rotatable bonds is 5. The molecule has 0 aliphatic carbocycles. The lowest BCUT2D eigenvalue weighted by molar-refractivity contribution is 0.669. The molecule has 234 valence electrons. The number of benzene rings is 7. The first-order chi connectivity index (χ1) is 24.7. The van der Waals surface area contributed by atoms with Crippen molar-refractivity contribution in [1.82, 2.24) is 15.0 Å². The van der Waals surface area contributed by atoms with Crippen molar-refractivity contribution in [3.05, 3.63) is 164 Å². The fraction of sp³-hybridized carbons (Fsp3) is 0. The predicted octanol–water partition coefficient (Wildman–Crippen LogP) is 12.0. The lowest BCUT2D eigenvalue weighted by Crippen LogP contribution is -2.00. The summed E-state index contributed by atoms with van der Waals surface area (Å²) in [5.41, 5.74) is 10.5. The Hall–Kier alpha value is -6.85. The zero-order valence-corrected chi connectivity index (χ0v) is 26.7. The van der Waals surface area contributed by atoms with Crippen LogP contribution in [-0.2, 0) is 0 Å². The monoisotopic (exact) mass is 641 g/mol. The quantitative estimate of drug-likeness (QED) is 0.187. The van der Waals surface area contributed by atoms with Crippen LogP contribution in [0.15, 0.2) is 173 Å². The van der Waals surface area contributed by atoms with E-state index in [0.29, 0.717) is 17.5 Å². The Morgan fingerprint density at radius 1 is 0.300 bits per heavy atom. The average molecular weight is 642 g/mol. The Labute approximate surface area is 287 Å². The molecule has 0 aliphatic rings. The molecule has 0 spiro atoms. The van der Waals surface area contributed by atoms with E-state index in [1.807, 2.05) is 72.8 Å². The number of nitrogens with zero attached hydrogens (tertiary/aromatic N) is 3. The molecular weight excluding hydrogens is 615 g/mol. The molecule has 0 atom stereocenters. The highest BCUT2D eigenvalue weighted by atomic mass is 16.3. The summed E-state index contributed by atoms with van der Waals surface area (Å²) in [5, 5.41) is 4.41. The summed E-state index contributed by atoms with van der Waals surface area (Å²) in [7, 11) is 0. The van der Waals surface area contributed by atoms with Crippen LogP contribution in [0.1, 0.15) is 0 Å². The van der Waals surface area contributed by atoms with Gasteiger partial charge in [0.25, 0.3) is 0 Å². The van der Waals surface area contributed by atoms with Crippen LogP contribution in [0.3, 0.4) is 0 Å². The van der Waals surface area contributed by atoms with Gasteiger partial charge in [-0.3, -0.25) is 0 Å². The van der Waals surface area contributed by atoms with Crippen LogP contribution in [0, 0.1) is 0 Å². The molecule has 5 heteroatoms. The van der Waals surface area contributed by atoms with Crippen molar-refractivity contribution in [3.63, 3.8) is 0 Å². The molecule has 0 amide bonds. The van der Waals surface area contributed by atoms with Gasteiger partial charge < -0.3 is 8.83 Å². The van der Waals surface area contributed by atoms with E-state index in [1.165, 1.54) is 0 Å². The maximum atomic E-state index is 6.31. The van der Waals surface area contributed by atoms with Gasteiger partial charge in [0.2, 0.25) is 0 Å². The van der Waals surface area contributed by atoms with Crippen molar-refractivity contribution >= 4 is 43.9 Å². The topological polar surface area (TPSA) is 65.0 Å². The first-order valence-electron chi connectivity index (χ1n) is 16.6. The zero-order valence-electron chi connectivity index (χ0n) is 26.7. The van der Waals surface area contributed by atoms with Gasteiger partial charge in [-0.25, -0.2) is 15.0 Å². The average Bonchev–Trinajstić information content (AvgIpc) is 3.76. The molecule has 50 heavy (non-hydrogen) atoms. The SMILES string of the molecule is c1ccc(-c2nc(-c3cccc(-c4ccc(-c5cccc6c5oc5ccccc56)cc4)c3)nc(-c3ccc4c(c3)oc3ccccc34)n2)cc1. The van der Waals surface area contributed by atoms with Crippen LogP contribution in [0.5, 0.6) is 0 Å². The molecule has 0 fully saturated rings. The number of aromatic nitrogens is 3. The molecule has 0 saturated heterocycles. The van der Waals surface area contributed by atoms with E-state index in [2.05, 4.69) is 91.0 Å². The first-order valence-corrected chi connectivity index (χ1v) is 16.6. The maximum Gasteiger partial charge on any atom is 0.164 e. The predicted molar refractivity (Wildman–Crippen MR) is 202 cm³/mol. The van der Waals surface area contributed by atoms with E-state index in [-0.39, 0.29) is 0 Å². The van der Waals surface area contributed by atoms with Crippen LogP contribution in [0.2, 0.25) is 0 Å². The number of hydrogen-bond donors (Lipinski definition) is 0. The molecule has 0 N–H and O–H groups in total. The van der Waals surface area contributed by atoms with Crippen molar-refractivity contribution in [2.24, 2.45) is 0 Å². The Kier molecular flexibility index (Phi) is 6.42. The molecule has 0 saturated carbocycles. The normalized spacial score (nSPS) is 11.6. The second-order valence-corrected chi connectivity index (χ2v) is 12.4. The molecule has 0 bridgehead atoms. The van der Waals surface area contributed by atoms with Gasteiger partial charge in [-0.2, -0.15) is 0 Å². The van der Waals surface area contributed by atoms with Crippen molar-refractivity contribution in [2.75, 3.05) is 0 Å². The zero-order chi connectivity index (χ0) is 33.0. The minimum atomic E-state index is 0.589. The summed E-state index contributed by atoms with van der Waals surface area (Å²) in [6.07, 6.45) is 0. The Morgan fingerprint density at radius 2 is 0.820 bits per heavy atom. The summed E-state index contributed by atoms with van der Waals surface area (Å²) in [6.45, 7) is 0. The van der Waals surface area contributed by atoms with Crippen LogP contribution in [0.25, 0.3) is 100 Å². The molecule has 0 unspecified atom stereocenters. The van der Waals surface area contributed by atoms with E-state index >= 15 is 0 Å². The van der Waals surface area contributed by atoms with Crippen LogP contribution >= 0.6 is 0 Å². The fourth-order valence-corrected chi connectivity index (χ4v) is 6.87. The highest BCUT2D eigenvalue weighted by molar-refractivity contribution is 6.09. The van der Waals surface area contributed by atoms with Crippen LogP contribution < -0.4 is 0 Å². The minimum absolute atomic E-state index is 0.589. The summed E-state index contributed by atoms with van der Waals surface area (Å²) in [5.74, 6) is 1.81. The molecule has 0 radical (unpaired) electrons. The van der Waals surface area contributed by atoms with E-state index in [1.54, 1.807) is 0 Å². The van der Waals surface area contributed by atoms with Gasteiger partial charge in [0.15, 0.2) is 17.5 Å². The number of hydrogen-bond acceptors (Lipinski definition) is 5. The second-order valence-electron chi connectivity index (χ2n) is 12.4. The van der Waals surface area contributed by atoms with Crippen LogP contribution in [0.4, 0.5) is 0 Å². The molecule has 10 aromatic rings. The summed E-state index contributed by atoms with van der Waals surface area (Å²) in [4.78, 5) is 14.9. The molecule has 7 aromatic carbocycles. The van der Waals surface area contributed by atoms with E-state index in [4.69, 9.17) is 23.8 Å². The first kappa shape index (κ1) is 28.2. The van der Waals surface area contributed by atoms with E-state index in [9.17, 15) is 0 Å². The van der Waals surface area contributed by atoms with E-state index in [0.717, 1.165) is 82.8 Å². The third-order valence-electron chi connectivity index (χ3n) is 9.36. The van der Waals surface area contributed by atoms with E-state index < -0.39 is 0 Å². The minimum Gasteiger partial charge on any atom is -0.456 e. The molecule has 5 nitrogen and oxygen atoms in total. The second kappa shape index (κ2) is 11.4. The van der Waals surface area contributed by atoms with Gasteiger partial charge >= 0.3 is 0 Å². The van der Waals surface area contributed by atoms with Gasteiger partial charge in [-0.05, 0) is 47.0 Å². The maximum absolute atomic E-state index is 6.31. The highest BCUT2D eigenvalue weighted by Gasteiger charge is 2.16. The summed E-state index contributed by atoms with van der Waals surface area (Å²) >= 11 is 0. The van der Waals surface area contributed by atoms with Crippen molar-refractivity contribution in [2.45, 2.75) is 0 Å². The highest BCUT2D eigenvalue weighted by Crippen LogP contribution is 2.37. The van der Waals surface area contributed by atoms with Crippen molar-refractivity contribution < 1.29 is 8.83 Å². The molecular formula is C45H27N3O2. The lowest BCUT2D eigenvalue weighted by atomic mass is 9.98. The molecule has 3 heterocycles. The van der Waals surface area contributed by atoms with Crippen molar-refractivity contribution in [1.29, 1.82) is 0 Å². The standard InChI is InChI=1S/C45H27N3O2/c1-2-10-30(11-3-1)43-46-44(48-45(47-43)33-24-25-37-35-14-4-6-18-39(35)49-41(37)27-33)32-13-8-12-31(26-32)28-20-22-29(23-21-28)34-16-9-17-38-36-15-5-7-19-40(36)50-42(34)38/h1-27H.